The highest BCUT2D eigenvalue weighted by Crippen LogP contribution is 2.41. The van der Waals surface area contributed by atoms with Gasteiger partial charge < -0.3 is 15.2 Å². The summed E-state index contributed by atoms with van der Waals surface area (Å²) in [6.07, 6.45) is 4.27. The molecule has 0 heterocycles. The average Bonchev–Trinajstić information content (AvgIpc) is 2.34. The van der Waals surface area contributed by atoms with E-state index in [0.29, 0.717) is 10.8 Å². The van der Waals surface area contributed by atoms with Gasteiger partial charge in [-0.15, -0.1) is 0 Å². The third-order valence-corrected chi connectivity index (χ3v) is 4.21. The highest BCUT2D eigenvalue weighted by molar-refractivity contribution is 6.32. The van der Waals surface area contributed by atoms with Crippen LogP contribution in [0.2, 0.25) is 5.02 Å². The monoisotopic (exact) mass is 269 g/mol. The fourth-order valence-electron chi connectivity index (χ4n) is 2.49. The summed E-state index contributed by atoms with van der Waals surface area (Å²) in [5.74, 6) is 0.671. The van der Waals surface area contributed by atoms with E-state index in [0.717, 1.165) is 24.8 Å². The zero-order valence-corrected chi connectivity index (χ0v) is 11.7. The molecule has 3 nitrogen and oxygen atoms in total. The van der Waals surface area contributed by atoms with Crippen molar-refractivity contribution < 1.29 is 9.47 Å². The SMILES string of the molecule is COc1cc(C(N)CC2(OC)CCC2)ccc1Cl. The predicted molar refractivity (Wildman–Crippen MR) is 73.1 cm³/mol. The maximum absolute atomic E-state index is 6.26. The maximum Gasteiger partial charge on any atom is 0.137 e. The second kappa shape index (κ2) is 5.47. The Kier molecular flexibility index (Phi) is 4.15. The highest BCUT2D eigenvalue weighted by atomic mass is 35.5. The van der Waals surface area contributed by atoms with Crippen molar-refractivity contribution in [3.05, 3.63) is 28.8 Å². The van der Waals surface area contributed by atoms with Gasteiger partial charge in [-0.25, -0.2) is 0 Å². The van der Waals surface area contributed by atoms with Crippen LogP contribution in [0.1, 0.15) is 37.3 Å². The van der Waals surface area contributed by atoms with E-state index < -0.39 is 0 Å². The molecule has 0 aromatic heterocycles. The molecule has 1 atom stereocenters. The maximum atomic E-state index is 6.26. The van der Waals surface area contributed by atoms with E-state index in [1.165, 1.54) is 6.42 Å². The van der Waals surface area contributed by atoms with Gasteiger partial charge in [0.15, 0.2) is 0 Å². The average molecular weight is 270 g/mol. The molecule has 2 N–H and O–H groups in total. The van der Waals surface area contributed by atoms with Crippen molar-refractivity contribution in [1.82, 2.24) is 0 Å². The number of nitrogens with two attached hydrogens (primary N) is 1. The molecule has 1 aliphatic rings. The van der Waals surface area contributed by atoms with Crippen molar-refractivity contribution in [2.45, 2.75) is 37.3 Å². The quantitative estimate of drug-likeness (QED) is 0.892. The molecular formula is C14H20ClNO2. The number of ether oxygens (including phenoxy) is 2. The van der Waals surface area contributed by atoms with Gasteiger partial charge in [-0.2, -0.15) is 0 Å². The summed E-state index contributed by atoms with van der Waals surface area (Å²) in [5, 5.41) is 0.610. The Morgan fingerprint density at radius 3 is 2.61 bits per heavy atom. The Morgan fingerprint density at radius 1 is 1.39 bits per heavy atom. The van der Waals surface area contributed by atoms with Gasteiger partial charge in [0, 0.05) is 13.2 Å². The second-order valence-corrected chi connectivity index (χ2v) is 5.35. The number of hydrogen-bond donors (Lipinski definition) is 1. The van der Waals surface area contributed by atoms with Gasteiger partial charge in [0.1, 0.15) is 5.75 Å². The van der Waals surface area contributed by atoms with Gasteiger partial charge in [-0.05, 0) is 43.4 Å². The standard InChI is InChI=1S/C14H20ClNO2/c1-17-13-8-10(4-5-11(13)15)12(16)9-14(18-2)6-3-7-14/h4-5,8,12H,3,6-7,9,16H2,1-2H3. The van der Waals surface area contributed by atoms with Crippen LogP contribution in [0.4, 0.5) is 0 Å². The zero-order valence-electron chi connectivity index (χ0n) is 10.9. The Morgan fingerprint density at radius 2 is 2.11 bits per heavy atom. The normalized spacial score (nSPS) is 19.1. The van der Waals surface area contributed by atoms with Crippen LogP contribution in [0.3, 0.4) is 0 Å². The fraction of sp³-hybridized carbons (Fsp3) is 0.571. The van der Waals surface area contributed by atoms with E-state index in [9.17, 15) is 0 Å². The van der Waals surface area contributed by atoms with Crippen molar-refractivity contribution in [2.24, 2.45) is 5.73 Å². The minimum Gasteiger partial charge on any atom is -0.495 e. The molecule has 4 heteroatoms. The van der Waals surface area contributed by atoms with Crippen molar-refractivity contribution in [2.75, 3.05) is 14.2 Å². The molecule has 0 saturated heterocycles. The number of methoxy groups -OCH3 is 2. The highest BCUT2D eigenvalue weighted by Gasteiger charge is 2.38. The van der Waals surface area contributed by atoms with Gasteiger partial charge in [-0.3, -0.25) is 0 Å². The van der Waals surface area contributed by atoms with Gasteiger partial charge in [0.2, 0.25) is 0 Å². The third kappa shape index (κ3) is 2.63. The lowest BCUT2D eigenvalue weighted by Gasteiger charge is -2.42. The molecule has 2 rings (SSSR count). The molecular weight excluding hydrogens is 250 g/mol. The number of hydrogen-bond acceptors (Lipinski definition) is 3. The first-order valence-corrected chi connectivity index (χ1v) is 6.62. The Bertz CT molecular complexity index is 413. The summed E-state index contributed by atoms with van der Waals surface area (Å²) in [4.78, 5) is 0. The van der Waals surface area contributed by atoms with Crippen LogP contribution in [0.25, 0.3) is 0 Å². The fourth-order valence-corrected chi connectivity index (χ4v) is 2.68. The van der Waals surface area contributed by atoms with E-state index in [1.807, 2.05) is 18.2 Å². The first kappa shape index (κ1) is 13.7. The lowest BCUT2D eigenvalue weighted by atomic mass is 9.75. The molecule has 1 saturated carbocycles. The summed E-state index contributed by atoms with van der Waals surface area (Å²) in [6.45, 7) is 0. The van der Waals surface area contributed by atoms with Gasteiger partial charge in [-0.1, -0.05) is 17.7 Å². The van der Waals surface area contributed by atoms with E-state index in [2.05, 4.69) is 0 Å². The van der Waals surface area contributed by atoms with E-state index >= 15 is 0 Å². The van der Waals surface area contributed by atoms with Crippen molar-refractivity contribution in [3.63, 3.8) is 0 Å². The Labute approximate surface area is 113 Å². The van der Waals surface area contributed by atoms with Crippen LogP contribution < -0.4 is 10.5 Å². The molecule has 0 spiro atoms. The molecule has 0 bridgehead atoms. The molecule has 1 aliphatic carbocycles. The Balaban J connectivity index is 2.11. The smallest absolute Gasteiger partial charge is 0.137 e. The molecule has 0 amide bonds. The minimum atomic E-state index is -0.0450. The third-order valence-electron chi connectivity index (χ3n) is 3.89. The largest absolute Gasteiger partial charge is 0.495 e. The van der Waals surface area contributed by atoms with Crippen LogP contribution in [0.15, 0.2) is 18.2 Å². The molecule has 0 aliphatic heterocycles. The number of benzene rings is 1. The van der Waals surface area contributed by atoms with E-state index in [4.69, 9.17) is 26.8 Å². The van der Waals surface area contributed by atoms with Crippen LogP contribution in [-0.4, -0.2) is 19.8 Å². The van der Waals surface area contributed by atoms with Crippen molar-refractivity contribution >= 4 is 11.6 Å². The van der Waals surface area contributed by atoms with Gasteiger partial charge in [0.25, 0.3) is 0 Å². The Hall–Kier alpha value is -0.770. The van der Waals surface area contributed by atoms with E-state index in [-0.39, 0.29) is 11.6 Å². The summed E-state index contributed by atoms with van der Waals surface area (Å²) in [5.41, 5.74) is 7.28. The van der Waals surface area contributed by atoms with Crippen LogP contribution >= 0.6 is 11.6 Å². The summed E-state index contributed by atoms with van der Waals surface area (Å²) in [6, 6.07) is 5.65. The number of halogens is 1. The molecule has 1 unspecified atom stereocenters. The summed E-state index contributed by atoms with van der Waals surface area (Å²) in [7, 11) is 3.38. The van der Waals surface area contributed by atoms with Crippen molar-refractivity contribution in [1.29, 1.82) is 0 Å². The van der Waals surface area contributed by atoms with Crippen molar-refractivity contribution in [3.8, 4) is 5.75 Å². The summed E-state index contributed by atoms with van der Waals surface area (Å²) >= 11 is 6.01. The molecule has 100 valence electrons. The lowest BCUT2D eigenvalue weighted by Crippen LogP contribution is -2.41. The molecule has 0 radical (unpaired) electrons. The molecule has 18 heavy (non-hydrogen) atoms. The predicted octanol–water partition coefficient (Wildman–Crippen LogP) is 3.31. The number of rotatable bonds is 5. The first-order chi connectivity index (χ1) is 8.60. The van der Waals surface area contributed by atoms with Gasteiger partial charge >= 0.3 is 0 Å². The molecule has 1 fully saturated rings. The second-order valence-electron chi connectivity index (χ2n) is 4.95. The van der Waals surface area contributed by atoms with Gasteiger partial charge in [0.05, 0.1) is 17.7 Å². The topological polar surface area (TPSA) is 44.5 Å². The summed E-state index contributed by atoms with van der Waals surface area (Å²) < 4.78 is 10.8. The minimum absolute atomic E-state index is 0.0215. The van der Waals surface area contributed by atoms with E-state index in [1.54, 1.807) is 14.2 Å². The van der Waals surface area contributed by atoms with Crippen LogP contribution in [0, 0.1) is 0 Å². The molecule has 1 aromatic rings. The van der Waals surface area contributed by atoms with Crippen LogP contribution in [0.5, 0.6) is 5.75 Å². The lowest BCUT2D eigenvalue weighted by molar-refractivity contribution is -0.0817. The molecule has 1 aromatic carbocycles. The zero-order chi connectivity index (χ0) is 13.2. The van der Waals surface area contributed by atoms with Crippen LogP contribution in [-0.2, 0) is 4.74 Å². The first-order valence-electron chi connectivity index (χ1n) is 6.24.